The van der Waals surface area contributed by atoms with Crippen LogP contribution in [-0.2, 0) is 23.0 Å². The average molecular weight is 618 g/mol. The van der Waals surface area contributed by atoms with Gasteiger partial charge in [-0.15, -0.1) is 0 Å². The summed E-state index contributed by atoms with van der Waals surface area (Å²) in [5, 5.41) is 7.93. The van der Waals surface area contributed by atoms with E-state index < -0.39 is 10.0 Å². The monoisotopic (exact) mass is 616 g/mol. The summed E-state index contributed by atoms with van der Waals surface area (Å²) >= 11 is 3.57. The van der Waals surface area contributed by atoms with Crippen molar-refractivity contribution in [2.45, 2.75) is 36.6 Å². The highest BCUT2D eigenvalue weighted by molar-refractivity contribution is 9.10. The first-order valence-corrected chi connectivity index (χ1v) is 15.5. The standard InChI is InChI=1S/C30H29BrN6O2S/c31-27-21-34-37-29(33-20-24-7-4-14-32-19-24)18-28(35-30(27)37)25-12-15-36(16-13-25)40(38,39)26-10-8-23(9-11-26)17-22-5-2-1-3-6-22/h1-11,14,18-19,21,25,33H,12-13,15-17,20H2. The first kappa shape index (κ1) is 26.6. The Morgan fingerprint density at radius 2 is 1.62 bits per heavy atom. The van der Waals surface area contributed by atoms with Crippen LogP contribution in [0.5, 0.6) is 0 Å². The molecule has 0 saturated carbocycles. The molecule has 4 heterocycles. The highest BCUT2D eigenvalue weighted by Gasteiger charge is 2.31. The van der Waals surface area contributed by atoms with Gasteiger partial charge in [0.1, 0.15) is 5.82 Å². The number of hydrogen-bond acceptors (Lipinski definition) is 6. The van der Waals surface area contributed by atoms with Crippen LogP contribution in [0, 0.1) is 0 Å². The third-order valence-corrected chi connectivity index (χ3v) is 9.80. The van der Waals surface area contributed by atoms with Crippen LogP contribution >= 0.6 is 15.9 Å². The molecule has 40 heavy (non-hydrogen) atoms. The van der Waals surface area contributed by atoms with Gasteiger partial charge in [-0.3, -0.25) is 4.98 Å². The summed E-state index contributed by atoms with van der Waals surface area (Å²) < 4.78 is 31.1. The molecule has 0 unspecified atom stereocenters. The molecule has 204 valence electrons. The van der Waals surface area contributed by atoms with Crippen molar-refractivity contribution in [1.29, 1.82) is 0 Å². The summed E-state index contributed by atoms with van der Waals surface area (Å²) in [5.41, 5.74) is 5.02. The van der Waals surface area contributed by atoms with Crippen LogP contribution in [0.3, 0.4) is 0 Å². The molecule has 0 amide bonds. The van der Waals surface area contributed by atoms with Gasteiger partial charge < -0.3 is 5.32 Å². The van der Waals surface area contributed by atoms with E-state index in [1.807, 2.05) is 54.7 Å². The normalized spacial score (nSPS) is 14.9. The molecule has 5 aromatic rings. The minimum Gasteiger partial charge on any atom is -0.366 e. The smallest absolute Gasteiger partial charge is 0.243 e. The Bertz CT molecular complexity index is 1700. The lowest BCUT2D eigenvalue weighted by Crippen LogP contribution is -2.38. The largest absolute Gasteiger partial charge is 0.366 e. The van der Waals surface area contributed by atoms with Crippen molar-refractivity contribution in [3.05, 3.63) is 118 Å². The number of nitrogens with zero attached hydrogens (tertiary/aromatic N) is 5. The molecule has 0 atom stereocenters. The maximum Gasteiger partial charge on any atom is 0.243 e. The maximum absolute atomic E-state index is 13.4. The van der Waals surface area contributed by atoms with E-state index in [1.54, 1.807) is 33.3 Å². The van der Waals surface area contributed by atoms with Crippen LogP contribution in [0.25, 0.3) is 5.65 Å². The Kier molecular flexibility index (Phi) is 7.64. The van der Waals surface area contributed by atoms with Crippen molar-refractivity contribution in [1.82, 2.24) is 23.9 Å². The highest BCUT2D eigenvalue weighted by Crippen LogP contribution is 2.32. The molecule has 1 aliphatic rings. The van der Waals surface area contributed by atoms with Gasteiger partial charge >= 0.3 is 0 Å². The number of rotatable bonds is 8. The predicted molar refractivity (Wildman–Crippen MR) is 159 cm³/mol. The van der Waals surface area contributed by atoms with E-state index in [1.165, 1.54) is 5.56 Å². The summed E-state index contributed by atoms with van der Waals surface area (Å²) in [6, 6.07) is 23.4. The third kappa shape index (κ3) is 5.65. The Balaban J connectivity index is 1.15. The molecule has 2 aromatic carbocycles. The summed E-state index contributed by atoms with van der Waals surface area (Å²) in [7, 11) is -3.56. The zero-order valence-electron chi connectivity index (χ0n) is 21.8. The Hall–Kier alpha value is -3.60. The van der Waals surface area contributed by atoms with E-state index >= 15 is 0 Å². The molecule has 3 aromatic heterocycles. The van der Waals surface area contributed by atoms with E-state index in [-0.39, 0.29) is 5.92 Å². The second-order valence-corrected chi connectivity index (χ2v) is 12.8. The van der Waals surface area contributed by atoms with Crippen LogP contribution in [0.4, 0.5) is 5.82 Å². The molecule has 8 nitrogen and oxygen atoms in total. The van der Waals surface area contributed by atoms with Crippen LogP contribution in [0.2, 0.25) is 0 Å². The number of fused-ring (bicyclic) bond motifs is 1. The first-order valence-electron chi connectivity index (χ1n) is 13.3. The van der Waals surface area contributed by atoms with Gasteiger partial charge in [0.05, 0.1) is 15.6 Å². The molecule has 0 spiro atoms. The number of nitrogens with one attached hydrogen (secondary N) is 1. The highest BCUT2D eigenvalue weighted by atomic mass is 79.9. The lowest BCUT2D eigenvalue weighted by atomic mass is 9.94. The second kappa shape index (κ2) is 11.5. The number of aromatic nitrogens is 4. The van der Waals surface area contributed by atoms with Gasteiger partial charge in [0.2, 0.25) is 10.0 Å². The summed E-state index contributed by atoms with van der Waals surface area (Å²) in [4.78, 5) is 9.43. The third-order valence-electron chi connectivity index (χ3n) is 7.33. The van der Waals surface area contributed by atoms with Crippen molar-refractivity contribution in [2.24, 2.45) is 0 Å². The van der Waals surface area contributed by atoms with Crippen molar-refractivity contribution >= 4 is 37.4 Å². The van der Waals surface area contributed by atoms with Gasteiger partial charge in [0.25, 0.3) is 0 Å². The van der Waals surface area contributed by atoms with Gasteiger partial charge in [-0.1, -0.05) is 48.5 Å². The van der Waals surface area contributed by atoms with Gasteiger partial charge in [-0.25, -0.2) is 13.4 Å². The molecule has 1 N–H and O–H groups in total. The van der Waals surface area contributed by atoms with Gasteiger partial charge in [-0.2, -0.15) is 13.9 Å². The topological polar surface area (TPSA) is 92.5 Å². The molecule has 0 bridgehead atoms. The first-order chi connectivity index (χ1) is 19.5. The fraction of sp³-hybridized carbons (Fsp3) is 0.233. The number of sulfonamides is 1. The molecule has 1 aliphatic heterocycles. The van der Waals surface area contributed by atoms with Crippen molar-refractivity contribution in [3.63, 3.8) is 0 Å². The average Bonchev–Trinajstić information content (AvgIpc) is 3.38. The molecule has 1 saturated heterocycles. The van der Waals surface area contributed by atoms with Gasteiger partial charge in [0, 0.05) is 49.7 Å². The van der Waals surface area contributed by atoms with E-state index in [9.17, 15) is 8.42 Å². The van der Waals surface area contributed by atoms with Crippen molar-refractivity contribution < 1.29 is 8.42 Å². The number of anilines is 1. The van der Waals surface area contributed by atoms with E-state index in [0.29, 0.717) is 37.4 Å². The molecule has 1 fully saturated rings. The predicted octanol–water partition coefficient (Wildman–Crippen LogP) is 5.66. The second-order valence-electron chi connectivity index (χ2n) is 9.99. The molecule has 6 rings (SSSR count). The summed E-state index contributed by atoms with van der Waals surface area (Å²) in [6.45, 7) is 1.50. The number of halogens is 1. The lowest BCUT2D eigenvalue weighted by molar-refractivity contribution is 0.317. The number of benzene rings is 2. The number of pyridine rings is 1. The fourth-order valence-corrected chi connectivity index (χ4v) is 6.95. The van der Waals surface area contributed by atoms with E-state index in [2.05, 4.69) is 43.5 Å². The maximum atomic E-state index is 13.4. The van der Waals surface area contributed by atoms with E-state index in [0.717, 1.165) is 39.2 Å². The molecule has 10 heteroatoms. The zero-order chi connectivity index (χ0) is 27.5. The van der Waals surface area contributed by atoms with Crippen molar-refractivity contribution in [3.8, 4) is 0 Å². The minimum atomic E-state index is -3.56. The fourth-order valence-electron chi connectivity index (χ4n) is 5.14. The van der Waals surface area contributed by atoms with Crippen LogP contribution in [0.15, 0.2) is 101 Å². The quantitative estimate of drug-likeness (QED) is 0.242. The zero-order valence-corrected chi connectivity index (χ0v) is 24.2. The summed E-state index contributed by atoms with van der Waals surface area (Å²) in [5.74, 6) is 0.977. The van der Waals surface area contributed by atoms with Gasteiger partial charge in [-0.05, 0) is 70.1 Å². The van der Waals surface area contributed by atoms with Gasteiger partial charge in [0.15, 0.2) is 5.65 Å². The van der Waals surface area contributed by atoms with Crippen LogP contribution in [-0.4, -0.2) is 45.4 Å². The Morgan fingerprint density at radius 3 is 2.35 bits per heavy atom. The molecule has 0 aliphatic carbocycles. The molecular formula is C30H29BrN6O2S. The Morgan fingerprint density at radius 1 is 0.900 bits per heavy atom. The lowest BCUT2D eigenvalue weighted by Gasteiger charge is -2.31. The minimum absolute atomic E-state index is 0.144. The van der Waals surface area contributed by atoms with Crippen molar-refractivity contribution in [2.75, 3.05) is 18.4 Å². The van der Waals surface area contributed by atoms with Crippen LogP contribution in [0.1, 0.15) is 41.1 Å². The SMILES string of the molecule is O=S(=O)(c1ccc(Cc2ccccc2)cc1)N1CCC(c2cc(NCc3cccnc3)n3ncc(Br)c3n2)CC1. The Labute approximate surface area is 242 Å². The van der Waals surface area contributed by atoms with E-state index in [4.69, 9.17) is 4.98 Å². The number of piperidine rings is 1. The summed E-state index contributed by atoms with van der Waals surface area (Å²) in [6.07, 6.45) is 7.49. The molecular weight excluding hydrogens is 588 g/mol. The van der Waals surface area contributed by atoms with Crippen LogP contribution < -0.4 is 5.32 Å². The molecule has 0 radical (unpaired) electrons. The number of hydrogen-bond donors (Lipinski definition) is 1.